The smallest absolute Gasteiger partial charge is 0.0681 e. The molecule has 112 valence electrons. The maximum atomic E-state index is 9.07. The Morgan fingerprint density at radius 2 is 1.70 bits per heavy atom. The van der Waals surface area contributed by atoms with E-state index in [1.807, 2.05) is 12.1 Å². The van der Waals surface area contributed by atoms with E-state index in [9.17, 15) is 0 Å². The Hall–Kier alpha value is -0.900. The van der Waals surface area contributed by atoms with Crippen LogP contribution in [0.4, 0.5) is 0 Å². The van der Waals surface area contributed by atoms with Gasteiger partial charge in [0.2, 0.25) is 0 Å². The maximum absolute atomic E-state index is 9.07. The van der Waals surface area contributed by atoms with E-state index in [4.69, 9.17) is 5.11 Å². The van der Waals surface area contributed by atoms with Crippen LogP contribution in [0.2, 0.25) is 0 Å². The standard InChI is InChI=1S/C17H28N2O/c1-3-18-16-8-10-17(11-9-16)19(2)12-14-4-6-15(13-20)7-5-14/h4-7,16-18,20H,3,8-13H2,1-2H3. The van der Waals surface area contributed by atoms with E-state index in [1.54, 1.807) is 0 Å². The molecule has 0 radical (unpaired) electrons. The quantitative estimate of drug-likeness (QED) is 0.838. The van der Waals surface area contributed by atoms with Crippen LogP contribution in [0, 0.1) is 0 Å². The third kappa shape index (κ3) is 4.30. The molecule has 20 heavy (non-hydrogen) atoms. The van der Waals surface area contributed by atoms with Crippen molar-refractivity contribution in [1.82, 2.24) is 10.2 Å². The summed E-state index contributed by atoms with van der Waals surface area (Å²) in [5, 5.41) is 12.6. The van der Waals surface area contributed by atoms with Gasteiger partial charge in [0.1, 0.15) is 0 Å². The van der Waals surface area contributed by atoms with E-state index in [1.165, 1.54) is 31.2 Å². The highest BCUT2D eigenvalue weighted by molar-refractivity contribution is 5.21. The summed E-state index contributed by atoms with van der Waals surface area (Å²) >= 11 is 0. The Labute approximate surface area is 123 Å². The fraction of sp³-hybridized carbons (Fsp3) is 0.647. The van der Waals surface area contributed by atoms with Crippen molar-refractivity contribution in [2.24, 2.45) is 0 Å². The number of hydrogen-bond acceptors (Lipinski definition) is 3. The molecule has 0 amide bonds. The minimum atomic E-state index is 0.130. The molecule has 0 bridgehead atoms. The van der Waals surface area contributed by atoms with E-state index in [-0.39, 0.29) is 6.61 Å². The lowest BCUT2D eigenvalue weighted by Gasteiger charge is -2.35. The molecule has 1 aliphatic carbocycles. The highest BCUT2D eigenvalue weighted by Crippen LogP contribution is 2.23. The van der Waals surface area contributed by atoms with Crippen LogP contribution in [0.15, 0.2) is 24.3 Å². The van der Waals surface area contributed by atoms with Crippen LogP contribution in [0.5, 0.6) is 0 Å². The van der Waals surface area contributed by atoms with Crippen molar-refractivity contribution in [3.05, 3.63) is 35.4 Å². The Bertz CT molecular complexity index is 382. The molecule has 0 aromatic heterocycles. The molecule has 3 heteroatoms. The minimum absolute atomic E-state index is 0.130. The van der Waals surface area contributed by atoms with E-state index in [2.05, 4.69) is 36.3 Å². The van der Waals surface area contributed by atoms with Gasteiger partial charge in [0.15, 0.2) is 0 Å². The zero-order valence-electron chi connectivity index (χ0n) is 12.8. The average Bonchev–Trinajstić information content (AvgIpc) is 2.49. The highest BCUT2D eigenvalue weighted by Gasteiger charge is 2.23. The molecule has 2 N–H and O–H groups in total. The molecule has 1 aromatic carbocycles. The van der Waals surface area contributed by atoms with Crippen LogP contribution in [0.3, 0.4) is 0 Å². The van der Waals surface area contributed by atoms with Crippen LogP contribution >= 0.6 is 0 Å². The summed E-state index contributed by atoms with van der Waals surface area (Å²) in [6, 6.07) is 9.74. The summed E-state index contributed by atoms with van der Waals surface area (Å²) in [5.74, 6) is 0. The molecule has 1 aliphatic rings. The number of benzene rings is 1. The van der Waals surface area contributed by atoms with Crippen LogP contribution in [-0.4, -0.2) is 35.7 Å². The second kappa shape index (κ2) is 7.77. The Balaban J connectivity index is 1.81. The molecule has 0 spiro atoms. The normalized spacial score (nSPS) is 23.2. The zero-order chi connectivity index (χ0) is 14.4. The van der Waals surface area contributed by atoms with Gasteiger partial charge >= 0.3 is 0 Å². The first-order valence-corrected chi connectivity index (χ1v) is 7.85. The first-order valence-electron chi connectivity index (χ1n) is 7.85. The molecular formula is C17H28N2O. The Kier molecular flexibility index (Phi) is 6.02. The topological polar surface area (TPSA) is 35.5 Å². The molecule has 0 saturated heterocycles. The van der Waals surface area contributed by atoms with Crippen LogP contribution < -0.4 is 5.32 Å². The molecule has 1 saturated carbocycles. The lowest BCUT2D eigenvalue weighted by atomic mass is 9.90. The van der Waals surface area contributed by atoms with Gasteiger partial charge < -0.3 is 10.4 Å². The molecule has 2 rings (SSSR count). The van der Waals surface area contributed by atoms with Gasteiger partial charge in [-0.05, 0) is 50.4 Å². The van der Waals surface area contributed by atoms with Crippen molar-refractivity contribution in [1.29, 1.82) is 0 Å². The van der Waals surface area contributed by atoms with Crippen molar-refractivity contribution in [3.63, 3.8) is 0 Å². The summed E-state index contributed by atoms with van der Waals surface area (Å²) in [6.07, 6.45) is 5.18. The monoisotopic (exact) mass is 276 g/mol. The fourth-order valence-corrected chi connectivity index (χ4v) is 3.18. The van der Waals surface area contributed by atoms with Gasteiger partial charge in [0, 0.05) is 18.6 Å². The van der Waals surface area contributed by atoms with Crippen molar-refractivity contribution in [2.45, 2.75) is 57.8 Å². The number of nitrogens with one attached hydrogen (secondary N) is 1. The summed E-state index contributed by atoms with van der Waals surface area (Å²) in [6.45, 7) is 4.41. The molecular weight excluding hydrogens is 248 g/mol. The van der Waals surface area contributed by atoms with Crippen molar-refractivity contribution >= 4 is 0 Å². The lowest BCUT2D eigenvalue weighted by Crippen LogP contribution is -2.40. The number of hydrogen-bond donors (Lipinski definition) is 2. The first-order chi connectivity index (χ1) is 9.72. The predicted molar refractivity (Wildman–Crippen MR) is 83.6 cm³/mol. The van der Waals surface area contributed by atoms with Crippen LogP contribution in [0.1, 0.15) is 43.7 Å². The molecule has 1 aromatic rings. The largest absolute Gasteiger partial charge is 0.392 e. The highest BCUT2D eigenvalue weighted by atomic mass is 16.3. The number of nitrogens with zero attached hydrogens (tertiary/aromatic N) is 1. The summed E-state index contributed by atoms with van der Waals surface area (Å²) in [4.78, 5) is 2.48. The van der Waals surface area contributed by atoms with Gasteiger partial charge in [-0.2, -0.15) is 0 Å². The fourth-order valence-electron chi connectivity index (χ4n) is 3.18. The van der Waals surface area contributed by atoms with E-state index >= 15 is 0 Å². The second-order valence-electron chi connectivity index (χ2n) is 5.95. The van der Waals surface area contributed by atoms with Gasteiger partial charge in [0.05, 0.1) is 6.61 Å². The zero-order valence-corrected chi connectivity index (χ0v) is 12.8. The second-order valence-corrected chi connectivity index (χ2v) is 5.95. The summed E-state index contributed by atoms with van der Waals surface area (Å²) in [7, 11) is 2.23. The third-order valence-electron chi connectivity index (χ3n) is 4.45. The molecule has 0 aliphatic heterocycles. The molecule has 0 atom stereocenters. The van der Waals surface area contributed by atoms with Gasteiger partial charge in [-0.1, -0.05) is 31.2 Å². The third-order valence-corrected chi connectivity index (χ3v) is 4.45. The van der Waals surface area contributed by atoms with E-state index in [0.29, 0.717) is 6.04 Å². The first kappa shape index (κ1) is 15.5. The van der Waals surface area contributed by atoms with Crippen molar-refractivity contribution < 1.29 is 5.11 Å². The van der Waals surface area contributed by atoms with Crippen LogP contribution in [-0.2, 0) is 13.2 Å². The minimum Gasteiger partial charge on any atom is -0.392 e. The van der Waals surface area contributed by atoms with Crippen molar-refractivity contribution in [3.8, 4) is 0 Å². The molecule has 3 nitrogen and oxygen atoms in total. The van der Waals surface area contributed by atoms with E-state index < -0.39 is 0 Å². The Morgan fingerprint density at radius 3 is 2.25 bits per heavy atom. The average molecular weight is 276 g/mol. The number of aliphatic hydroxyl groups is 1. The predicted octanol–water partition coefficient (Wildman–Crippen LogP) is 2.53. The van der Waals surface area contributed by atoms with Crippen LogP contribution in [0.25, 0.3) is 0 Å². The van der Waals surface area contributed by atoms with Gasteiger partial charge in [-0.3, -0.25) is 4.90 Å². The number of rotatable bonds is 6. The lowest BCUT2D eigenvalue weighted by molar-refractivity contribution is 0.168. The number of aliphatic hydroxyl groups excluding tert-OH is 1. The Morgan fingerprint density at radius 1 is 1.10 bits per heavy atom. The van der Waals surface area contributed by atoms with E-state index in [0.717, 1.165) is 24.7 Å². The summed E-state index contributed by atoms with van der Waals surface area (Å²) < 4.78 is 0. The summed E-state index contributed by atoms with van der Waals surface area (Å²) in [5.41, 5.74) is 2.32. The van der Waals surface area contributed by atoms with Gasteiger partial charge in [-0.25, -0.2) is 0 Å². The van der Waals surface area contributed by atoms with Crippen molar-refractivity contribution in [2.75, 3.05) is 13.6 Å². The van der Waals surface area contributed by atoms with Gasteiger partial charge in [0.25, 0.3) is 0 Å². The molecule has 1 fully saturated rings. The van der Waals surface area contributed by atoms with Gasteiger partial charge in [-0.15, -0.1) is 0 Å². The maximum Gasteiger partial charge on any atom is 0.0681 e. The SMILES string of the molecule is CCNC1CCC(N(C)Cc2ccc(CO)cc2)CC1. The molecule has 0 heterocycles. The molecule has 0 unspecified atom stereocenters.